The lowest BCUT2D eigenvalue weighted by Crippen LogP contribution is -2.45. The number of benzene rings is 1. The standard InChI is InChI=1S/C18H17F3N2O4S/c19-18(20,21)27-12-5-3-11(4-6-12)23-16(25)15(24)22-10-17(26)8-1-2-14-13(17)7-9-28-14/h3-7,9,26H,1-2,8,10H2,(H,22,24)(H,23,25). The molecule has 0 fully saturated rings. The van der Waals surface area contributed by atoms with E-state index in [2.05, 4.69) is 15.4 Å². The van der Waals surface area contributed by atoms with E-state index in [1.807, 2.05) is 11.4 Å². The largest absolute Gasteiger partial charge is 0.573 e. The predicted molar refractivity (Wildman–Crippen MR) is 95.9 cm³/mol. The number of amides is 2. The number of alkyl halides is 3. The van der Waals surface area contributed by atoms with E-state index >= 15 is 0 Å². The number of anilines is 1. The lowest BCUT2D eigenvalue weighted by atomic mass is 9.83. The van der Waals surface area contributed by atoms with Gasteiger partial charge in [-0.1, -0.05) is 0 Å². The smallest absolute Gasteiger partial charge is 0.406 e. The van der Waals surface area contributed by atoms with Crippen molar-refractivity contribution in [2.75, 3.05) is 11.9 Å². The van der Waals surface area contributed by atoms with Crippen molar-refractivity contribution in [1.29, 1.82) is 0 Å². The highest BCUT2D eigenvalue weighted by Crippen LogP contribution is 2.37. The lowest BCUT2D eigenvalue weighted by molar-refractivity contribution is -0.274. The Bertz CT molecular complexity index is 866. The highest BCUT2D eigenvalue weighted by molar-refractivity contribution is 7.10. The molecule has 0 saturated carbocycles. The van der Waals surface area contributed by atoms with Crippen LogP contribution in [0.5, 0.6) is 5.75 Å². The minimum atomic E-state index is -4.81. The van der Waals surface area contributed by atoms with Gasteiger partial charge in [0.1, 0.15) is 11.4 Å². The van der Waals surface area contributed by atoms with Crippen molar-refractivity contribution in [2.24, 2.45) is 0 Å². The summed E-state index contributed by atoms with van der Waals surface area (Å²) in [5.41, 5.74) is -0.323. The van der Waals surface area contributed by atoms with Crippen LogP contribution in [0.3, 0.4) is 0 Å². The maximum absolute atomic E-state index is 12.1. The highest BCUT2D eigenvalue weighted by Gasteiger charge is 2.36. The van der Waals surface area contributed by atoms with Crippen molar-refractivity contribution in [3.05, 3.63) is 46.2 Å². The van der Waals surface area contributed by atoms with Crippen molar-refractivity contribution in [2.45, 2.75) is 31.2 Å². The predicted octanol–water partition coefficient (Wildman–Crippen LogP) is 2.93. The molecule has 3 rings (SSSR count). The summed E-state index contributed by atoms with van der Waals surface area (Å²) in [4.78, 5) is 25.1. The average molecular weight is 414 g/mol. The number of ether oxygens (including phenoxy) is 1. The van der Waals surface area contributed by atoms with E-state index in [0.29, 0.717) is 6.42 Å². The topological polar surface area (TPSA) is 87.7 Å². The molecule has 1 aliphatic rings. The summed E-state index contributed by atoms with van der Waals surface area (Å²) in [5.74, 6) is -2.39. The Morgan fingerprint density at radius 2 is 1.89 bits per heavy atom. The fraction of sp³-hybridized carbons (Fsp3) is 0.333. The van der Waals surface area contributed by atoms with E-state index in [1.54, 1.807) is 11.3 Å². The molecule has 1 atom stereocenters. The normalized spacial score (nSPS) is 18.9. The number of nitrogens with one attached hydrogen (secondary N) is 2. The second-order valence-electron chi connectivity index (χ2n) is 6.35. The van der Waals surface area contributed by atoms with Crippen LogP contribution in [-0.4, -0.2) is 29.8 Å². The van der Waals surface area contributed by atoms with Crippen LogP contribution in [0.1, 0.15) is 23.3 Å². The number of hydrogen-bond donors (Lipinski definition) is 3. The van der Waals surface area contributed by atoms with Crippen molar-refractivity contribution in [3.63, 3.8) is 0 Å². The Morgan fingerprint density at radius 1 is 1.18 bits per heavy atom. The molecule has 2 aromatic rings. The fourth-order valence-corrected chi connectivity index (χ4v) is 4.06. The van der Waals surface area contributed by atoms with Crippen LogP contribution in [0.2, 0.25) is 0 Å². The van der Waals surface area contributed by atoms with Crippen LogP contribution < -0.4 is 15.4 Å². The van der Waals surface area contributed by atoms with Crippen LogP contribution in [0, 0.1) is 0 Å². The Hall–Kier alpha value is -2.59. The average Bonchev–Trinajstić information content (AvgIpc) is 3.11. The Morgan fingerprint density at radius 3 is 2.57 bits per heavy atom. The third-order valence-corrected chi connectivity index (χ3v) is 5.32. The van der Waals surface area contributed by atoms with E-state index in [4.69, 9.17) is 0 Å². The quantitative estimate of drug-likeness (QED) is 0.672. The summed E-state index contributed by atoms with van der Waals surface area (Å²) < 4.78 is 40.1. The molecule has 1 unspecified atom stereocenters. The van der Waals surface area contributed by atoms with Crippen LogP contribution in [0.25, 0.3) is 0 Å². The van der Waals surface area contributed by atoms with Gasteiger partial charge in [0.15, 0.2) is 0 Å². The third kappa shape index (κ3) is 4.82. The summed E-state index contributed by atoms with van der Waals surface area (Å²) in [5, 5.41) is 17.4. The molecule has 2 amide bonds. The van der Waals surface area contributed by atoms with Crippen LogP contribution in [0.15, 0.2) is 35.7 Å². The van der Waals surface area contributed by atoms with E-state index in [1.165, 1.54) is 12.1 Å². The molecule has 1 aromatic heterocycles. The summed E-state index contributed by atoms with van der Waals surface area (Å²) >= 11 is 1.54. The Kier molecular flexibility index (Phi) is 5.61. The number of halogens is 3. The number of carbonyl (C=O) groups is 2. The van der Waals surface area contributed by atoms with E-state index < -0.39 is 29.5 Å². The Balaban J connectivity index is 1.55. The first-order valence-electron chi connectivity index (χ1n) is 8.40. The van der Waals surface area contributed by atoms with E-state index in [0.717, 1.165) is 35.4 Å². The number of aryl methyl sites for hydroxylation is 1. The molecule has 0 bridgehead atoms. The zero-order chi connectivity index (χ0) is 20.4. The first kappa shape index (κ1) is 20.2. The molecule has 28 heavy (non-hydrogen) atoms. The molecule has 0 spiro atoms. The SMILES string of the molecule is O=C(NCC1(O)CCCc2sccc21)C(=O)Nc1ccc(OC(F)(F)F)cc1. The van der Waals surface area contributed by atoms with Crippen molar-refractivity contribution in [1.82, 2.24) is 5.32 Å². The van der Waals surface area contributed by atoms with Gasteiger partial charge in [0, 0.05) is 10.6 Å². The number of hydrogen-bond acceptors (Lipinski definition) is 5. The zero-order valence-corrected chi connectivity index (χ0v) is 15.3. The number of carbonyl (C=O) groups excluding carboxylic acids is 2. The molecule has 0 aliphatic heterocycles. The molecule has 3 N–H and O–H groups in total. The molecule has 0 saturated heterocycles. The van der Waals surface area contributed by atoms with Gasteiger partial charge in [-0.05, 0) is 60.5 Å². The minimum Gasteiger partial charge on any atom is -0.406 e. The first-order chi connectivity index (χ1) is 13.2. The molecule has 10 heteroatoms. The van der Waals surface area contributed by atoms with Crippen molar-refractivity contribution >= 4 is 28.8 Å². The second-order valence-corrected chi connectivity index (χ2v) is 7.35. The van der Waals surface area contributed by atoms with Gasteiger partial charge in [-0.25, -0.2) is 0 Å². The van der Waals surface area contributed by atoms with Gasteiger partial charge in [-0.3, -0.25) is 9.59 Å². The fourth-order valence-electron chi connectivity index (χ4n) is 3.04. The maximum Gasteiger partial charge on any atom is 0.573 e. The van der Waals surface area contributed by atoms with Crippen LogP contribution in [0.4, 0.5) is 18.9 Å². The van der Waals surface area contributed by atoms with Crippen LogP contribution >= 0.6 is 11.3 Å². The summed E-state index contributed by atoms with van der Waals surface area (Å²) in [6.45, 7) is -0.110. The summed E-state index contributed by atoms with van der Waals surface area (Å²) in [6.07, 6.45) is -2.69. The van der Waals surface area contributed by atoms with Gasteiger partial charge in [0.25, 0.3) is 0 Å². The highest BCUT2D eigenvalue weighted by atomic mass is 32.1. The summed E-state index contributed by atoms with van der Waals surface area (Å²) in [6, 6.07) is 6.21. The Labute approximate surface area is 162 Å². The summed E-state index contributed by atoms with van der Waals surface area (Å²) in [7, 11) is 0. The number of fused-ring (bicyclic) bond motifs is 1. The molecule has 150 valence electrons. The maximum atomic E-state index is 12.1. The van der Waals surface area contributed by atoms with Gasteiger partial charge < -0.3 is 20.5 Å². The van der Waals surface area contributed by atoms with Gasteiger partial charge in [-0.2, -0.15) is 0 Å². The number of rotatable bonds is 4. The minimum absolute atomic E-state index is 0.110. The molecule has 1 aromatic carbocycles. The molecular formula is C18H17F3N2O4S. The number of aliphatic hydroxyl groups is 1. The number of thiophene rings is 1. The molecule has 0 radical (unpaired) electrons. The molecule has 1 aliphatic carbocycles. The third-order valence-electron chi connectivity index (χ3n) is 4.33. The molecule has 6 nitrogen and oxygen atoms in total. The van der Waals surface area contributed by atoms with Crippen molar-refractivity contribution < 1.29 is 32.6 Å². The first-order valence-corrected chi connectivity index (χ1v) is 9.28. The zero-order valence-electron chi connectivity index (χ0n) is 14.5. The van der Waals surface area contributed by atoms with E-state index in [9.17, 15) is 27.9 Å². The second kappa shape index (κ2) is 7.80. The van der Waals surface area contributed by atoms with Gasteiger partial charge >= 0.3 is 18.2 Å². The molecular weight excluding hydrogens is 397 g/mol. The monoisotopic (exact) mass is 414 g/mol. The van der Waals surface area contributed by atoms with Gasteiger partial charge in [0.05, 0.1) is 6.54 Å². The van der Waals surface area contributed by atoms with Gasteiger partial charge in [-0.15, -0.1) is 24.5 Å². The molecule has 1 heterocycles. The van der Waals surface area contributed by atoms with Crippen molar-refractivity contribution in [3.8, 4) is 5.75 Å². The lowest BCUT2D eigenvalue weighted by Gasteiger charge is -2.32. The van der Waals surface area contributed by atoms with E-state index in [-0.39, 0.29) is 12.2 Å². The van der Waals surface area contributed by atoms with Crippen LogP contribution in [-0.2, 0) is 21.6 Å². The van der Waals surface area contributed by atoms with Gasteiger partial charge in [0.2, 0.25) is 0 Å².